The van der Waals surface area contributed by atoms with Gasteiger partial charge >= 0.3 is 5.97 Å². The Morgan fingerprint density at radius 2 is 1.82 bits per heavy atom. The van der Waals surface area contributed by atoms with E-state index in [-0.39, 0.29) is 25.0 Å². The van der Waals surface area contributed by atoms with Crippen LogP contribution in [0.5, 0.6) is 0 Å². The van der Waals surface area contributed by atoms with Crippen LogP contribution in [0.1, 0.15) is 50.1 Å². The summed E-state index contributed by atoms with van der Waals surface area (Å²) in [7, 11) is 0. The standard InChI is InChI=1S/C19H17N5O4/c1-2-15-14(10-20-19-21-11-22-24(15)19)18(27)28-9-5-8-23-16(25)12-6-3-4-7-13(12)17(23)26/h3-4,6-7,10-11H,2,5,8-9H2,1H3. The molecular weight excluding hydrogens is 362 g/mol. The Hall–Kier alpha value is -3.62. The second kappa shape index (κ2) is 7.18. The minimum atomic E-state index is -0.524. The Balaban J connectivity index is 1.37. The van der Waals surface area contributed by atoms with E-state index in [0.717, 1.165) is 0 Å². The first-order valence-electron chi connectivity index (χ1n) is 8.91. The van der Waals surface area contributed by atoms with Crippen LogP contribution in [0.3, 0.4) is 0 Å². The molecule has 0 radical (unpaired) electrons. The molecule has 2 amide bonds. The average molecular weight is 379 g/mol. The minimum absolute atomic E-state index is 0.0742. The van der Waals surface area contributed by atoms with Crippen molar-refractivity contribution in [1.82, 2.24) is 24.5 Å². The number of benzene rings is 1. The lowest BCUT2D eigenvalue weighted by Crippen LogP contribution is -2.31. The number of fused-ring (bicyclic) bond motifs is 2. The van der Waals surface area contributed by atoms with Crippen LogP contribution in [0.25, 0.3) is 5.78 Å². The zero-order valence-electron chi connectivity index (χ0n) is 15.2. The summed E-state index contributed by atoms with van der Waals surface area (Å²) in [5.41, 5.74) is 1.79. The van der Waals surface area contributed by atoms with Gasteiger partial charge in [-0.05, 0) is 25.0 Å². The summed E-state index contributed by atoms with van der Waals surface area (Å²) in [6.45, 7) is 2.15. The van der Waals surface area contributed by atoms with Crippen LogP contribution < -0.4 is 0 Å². The first kappa shape index (κ1) is 17.8. The third-order valence-electron chi connectivity index (χ3n) is 4.60. The van der Waals surface area contributed by atoms with Gasteiger partial charge in [0.1, 0.15) is 6.33 Å². The van der Waals surface area contributed by atoms with E-state index < -0.39 is 5.97 Å². The fourth-order valence-electron chi connectivity index (χ4n) is 3.24. The van der Waals surface area contributed by atoms with Gasteiger partial charge in [-0.3, -0.25) is 14.5 Å². The summed E-state index contributed by atoms with van der Waals surface area (Å²) in [6.07, 6.45) is 3.70. The van der Waals surface area contributed by atoms with Crippen LogP contribution in [-0.2, 0) is 11.2 Å². The molecule has 1 aromatic carbocycles. The van der Waals surface area contributed by atoms with Crippen molar-refractivity contribution in [3.8, 4) is 0 Å². The van der Waals surface area contributed by atoms with E-state index >= 15 is 0 Å². The molecule has 0 aliphatic carbocycles. The number of rotatable bonds is 6. The number of esters is 1. The van der Waals surface area contributed by atoms with E-state index in [4.69, 9.17) is 4.74 Å². The maximum atomic E-state index is 12.4. The van der Waals surface area contributed by atoms with E-state index in [1.165, 1.54) is 21.9 Å². The molecule has 0 N–H and O–H groups in total. The highest BCUT2D eigenvalue weighted by Gasteiger charge is 2.34. The van der Waals surface area contributed by atoms with Crippen molar-refractivity contribution in [2.75, 3.05) is 13.2 Å². The summed E-state index contributed by atoms with van der Waals surface area (Å²) in [6, 6.07) is 6.71. The minimum Gasteiger partial charge on any atom is -0.462 e. The Bertz CT molecular complexity index is 1060. The molecule has 9 nitrogen and oxygen atoms in total. The molecule has 0 bridgehead atoms. The SMILES string of the molecule is CCc1c(C(=O)OCCCN2C(=O)c3ccccc3C2=O)cnc2ncnn12. The van der Waals surface area contributed by atoms with E-state index in [2.05, 4.69) is 15.1 Å². The number of hydrogen-bond donors (Lipinski definition) is 0. The predicted molar refractivity (Wildman–Crippen MR) is 96.9 cm³/mol. The van der Waals surface area contributed by atoms with Gasteiger partial charge < -0.3 is 4.74 Å². The van der Waals surface area contributed by atoms with E-state index in [9.17, 15) is 14.4 Å². The average Bonchev–Trinajstić information content (AvgIpc) is 3.29. The summed E-state index contributed by atoms with van der Waals surface area (Å²) in [5, 5.41) is 4.07. The second-order valence-corrected chi connectivity index (χ2v) is 6.24. The number of ether oxygens (including phenoxy) is 1. The third kappa shape index (κ3) is 2.90. The molecule has 1 aliphatic rings. The monoisotopic (exact) mass is 379 g/mol. The Kier molecular flexibility index (Phi) is 4.56. The normalized spacial score (nSPS) is 13.2. The van der Waals surface area contributed by atoms with Crippen LogP contribution in [0.2, 0.25) is 0 Å². The molecule has 0 saturated heterocycles. The van der Waals surface area contributed by atoms with Gasteiger partial charge in [0.25, 0.3) is 17.6 Å². The molecule has 0 saturated carbocycles. The van der Waals surface area contributed by atoms with Crippen LogP contribution in [0.4, 0.5) is 0 Å². The van der Waals surface area contributed by atoms with Gasteiger partial charge in [-0.2, -0.15) is 10.1 Å². The summed E-state index contributed by atoms with van der Waals surface area (Å²) < 4.78 is 6.82. The number of aryl methyl sites for hydroxylation is 1. The lowest BCUT2D eigenvalue weighted by molar-refractivity contribution is 0.0480. The molecular formula is C19H17N5O4. The molecule has 3 heterocycles. The molecule has 4 rings (SSSR count). The van der Waals surface area contributed by atoms with Gasteiger partial charge in [0.15, 0.2) is 0 Å². The Morgan fingerprint density at radius 3 is 2.50 bits per heavy atom. The van der Waals surface area contributed by atoms with Crippen molar-refractivity contribution >= 4 is 23.6 Å². The van der Waals surface area contributed by atoms with Crippen LogP contribution in [0.15, 0.2) is 36.8 Å². The van der Waals surface area contributed by atoms with Crippen molar-refractivity contribution in [1.29, 1.82) is 0 Å². The quantitative estimate of drug-likeness (QED) is 0.363. The number of hydrogen-bond acceptors (Lipinski definition) is 7. The van der Waals surface area contributed by atoms with Crippen molar-refractivity contribution < 1.29 is 19.1 Å². The number of nitrogens with zero attached hydrogens (tertiary/aromatic N) is 5. The molecule has 2 aromatic heterocycles. The summed E-state index contributed by atoms with van der Waals surface area (Å²) in [5.74, 6) is -0.745. The molecule has 0 fully saturated rings. The highest BCUT2D eigenvalue weighted by Crippen LogP contribution is 2.22. The fourth-order valence-corrected chi connectivity index (χ4v) is 3.24. The lowest BCUT2D eigenvalue weighted by Gasteiger charge is -2.14. The topological polar surface area (TPSA) is 107 Å². The first-order valence-corrected chi connectivity index (χ1v) is 8.91. The molecule has 0 atom stereocenters. The number of carbonyl (C=O) groups excluding carboxylic acids is 3. The van der Waals surface area contributed by atoms with E-state index in [1.54, 1.807) is 24.3 Å². The van der Waals surface area contributed by atoms with E-state index in [0.29, 0.717) is 41.0 Å². The van der Waals surface area contributed by atoms with Crippen molar-refractivity contribution in [2.24, 2.45) is 0 Å². The fraction of sp³-hybridized carbons (Fsp3) is 0.263. The van der Waals surface area contributed by atoms with Gasteiger partial charge in [0.2, 0.25) is 0 Å². The Morgan fingerprint density at radius 1 is 1.11 bits per heavy atom. The Labute approximate surface area is 160 Å². The largest absolute Gasteiger partial charge is 0.462 e. The third-order valence-corrected chi connectivity index (χ3v) is 4.60. The summed E-state index contributed by atoms with van der Waals surface area (Å²) in [4.78, 5) is 46.3. The predicted octanol–water partition coefficient (Wildman–Crippen LogP) is 1.53. The van der Waals surface area contributed by atoms with Crippen molar-refractivity contribution in [3.05, 3.63) is 59.2 Å². The first-order chi connectivity index (χ1) is 13.6. The number of carbonyl (C=O) groups is 3. The molecule has 3 aromatic rings. The zero-order chi connectivity index (χ0) is 19.7. The molecule has 0 unspecified atom stereocenters. The molecule has 142 valence electrons. The highest BCUT2D eigenvalue weighted by atomic mass is 16.5. The molecule has 28 heavy (non-hydrogen) atoms. The second-order valence-electron chi connectivity index (χ2n) is 6.24. The zero-order valence-corrected chi connectivity index (χ0v) is 15.2. The number of amides is 2. The van der Waals surface area contributed by atoms with Gasteiger partial charge in [0.05, 0.1) is 29.0 Å². The molecule has 0 spiro atoms. The highest BCUT2D eigenvalue weighted by molar-refractivity contribution is 6.21. The number of imide groups is 1. The molecule has 1 aliphatic heterocycles. The maximum Gasteiger partial charge on any atom is 0.341 e. The number of aromatic nitrogens is 4. The van der Waals surface area contributed by atoms with Crippen LogP contribution in [0, 0.1) is 0 Å². The smallest absolute Gasteiger partial charge is 0.341 e. The molecule has 9 heteroatoms. The maximum absolute atomic E-state index is 12.4. The van der Waals surface area contributed by atoms with E-state index in [1.807, 2.05) is 6.92 Å². The lowest BCUT2D eigenvalue weighted by atomic mass is 10.1. The van der Waals surface area contributed by atoms with Gasteiger partial charge in [-0.15, -0.1) is 0 Å². The van der Waals surface area contributed by atoms with Crippen molar-refractivity contribution in [2.45, 2.75) is 19.8 Å². The van der Waals surface area contributed by atoms with Crippen LogP contribution >= 0.6 is 0 Å². The van der Waals surface area contributed by atoms with Crippen molar-refractivity contribution in [3.63, 3.8) is 0 Å². The van der Waals surface area contributed by atoms with Gasteiger partial charge in [-0.25, -0.2) is 14.3 Å². The summed E-state index contributed by atoms with van der Waals surface area (Å²) >= 11 is 0. The van der Waals surface area contributed by atoms with Gasteiger partial charge in [0, 0.05) is 12.7 Å². The van der Waals surface area contributed by atoms with Gasteiger partial charge in [-0.1, -0.05) is 19.1 Å². The van der Waals surface area contributed by atoms with Crippen LogP contribution in [-0.4, -0.2) is 55.4 Å².